The first-order chi connectivity index (χ1) is 12.9. The number of ether oxygens (including phenoxy) is 1. The number of carbonyl (C=O) groups excluding carboxylic acids is 1. The van der Waals surface area contributed by atoms with Gasteiger partial charge in [0.2, 0.25) is 0 Å². The van der Waals surface area contributed by atoms with Crippen molar-refractivity contribution in [1.29, 1.82) is 0 Å². The molecule has 3 rings (SSSR count). The van der Waals surface area contributed by atoms with Crippen LogP contribution in [0.1, 0.15) is 37.7 Å². The number of aromatic nitrogens is 1. The zero-order chi connectivity index (χ0) is 19.6. The average Bonchev–Trinajstić information content (AvgIpc) is 3.30. The van der Waals surface area contributed by atoms with Crippen LogP contribution in [0.2, 0.25) is 0 Å². The summed E-state index contributed by atoms with van der Waals surface area (Å²) in [5.41, 5.74) is 0.420. The lowest BCUT2D eigenvalue weighted by Crippen LogP contribution is -2.40. The van der Waals surface area contributed by atoms with Gasteiger partial charge in [0.05, 0.1) is 12.0 Å². The van der Waals surface area contributed by atoms with Gasteiger partial charge in [-0.15, -0.1) is 11.3 Å². The first-order valence-electron chi connectivity index (χ1n) is 9.09. The Kier molecular flexibility index (Phi) is 5.51. The van der Waals surface area contributed by atoms with Crippen LogP contribution in [0.3, 0.4) is 0 Å². The number of thiazole rings is 1. The summed E-state index contributed by atoms with van der Waals surface area (Å²) >= 11 is 1.41. The van der Waals surface area contributed by atoms with Gasteiger partial charge < -0.3 is 14.7 Å². The summed E-state index contributed by atoms with van der Waals surface area (Å²) in [6, 6.07) is 7.60. The Morgan fingerprint density at radius 3 is 2.59 bits per heavy atom. The Balaban J connectivity index is 1.75. The quantitative estimate of drug-likeness (QED) is 0.815. The third-order valence-corrected chi connectivity index (χ3v) is 6.15. The maximum Gasteiger partial charge on any atom is 0.311 e. The van der Waals surface area contributed by atoms with Crippen molar-refractivity contribution in [2.75, 3.05) is 19.7 Å². The van der Waals surface area contributed by atoms with Crippen LogP contribution in [-0.2, 0) is 4.79 Å². The van der Waals surface area contributed by atoms with E-state index in [1.165, 1.54) is 11.3 Å². The van der Waals surface area contributed by atoms with E-state index in [9.17, 15) is 14.7 Å². The smallest absolute Gasteiger partial charge is 0.311 e. The zero-order valence-electron chi connectivity index (χ0n) is 15.8. The molecule has 2 heterocycles. The van der Waals surface area contributed by atoms with E-state index in [1.807, 2.05) is 45.0 Å². The highest BCUT2D eigenvalue weighted by molar-refractivity contribution is 7.13. The van der Waals surface area contributed by atoms with Gasteiger partial charge in [-0.2, -0.15) is 0 Å². The molecule has 1 fully saturated rings. The lowest BCUT2D eigenvalue weighted by Gasteiger charge is -2.28. The van der Waals surface area contributed by atoms with E-state index in [1.54, 1.807) is 10.3 Å². The number of benzene rings is 1. The maximum atomic E-state index is 12.8. The Hall–Kier alpha value is -2.41. The van der Waals surface area contributed by atoms with E-state index >= 15 is 0 Å². The summed E-state index contributed by atoms with van der Waals surface area (Å²) in [6.45, 7) is 7.01. The molecule has 0 spiro atoms. The Morgan fingerprint density at radius 1 is 1.33 bits per heavy atom. The number of carboxylic acid groups (broad SMARTS) is 1. The fourth-order valence-corrected chi connectivity index (χ4v) is 4.23. The molecule has 144 valence electrons. The molecular formula is C20H24N2O4S. The molecule has 0 saturated carbocycles. The predicted molar refractivity (Wildman–Crippen MR) is 104 cm³/mol. The minimum Gasteiger partial charge on any atom is -0.494 e. The van der Waals surface area contributed by atoms with Crippen LogP contribution in [0.15, 0.2) is 29.6 Å². The second-order valence-corrected chi connectivity index (χ2v) is 7.95. The van der Waals surface area contributed by atoms with Gasteiger partial charge in [-0.25, -0.2) is 4.98 Å². The molecule has 7 heteroatoms. The van der Waals surface area contributed by atoms with Gasteiger partial charge in [0.1, 0.15) is 16.5 Å². The first-order valence-corrected chi connectivity index (χ1v) is 9.97. The lowest BCUT2D eigenvalue weighted by atomic mass is 9.76. The summed E-state index contributed by atoms with van der Waals surface area (Å²) < 4.78 is 5.44. The summed E-state index contributed by atoms with van der Waals surface area (Å²) in [4.78, 5) is 30.7. The summed E-state index contributed by atoms with van der Waals surface area (Å²) in [7, 11) is 0. The SMILES string of the molecule is CCOc1ccc(-c2nc(C(=O)N3CCC(C(=O)O)(C(C)C)C3)cs2)cc1. The van der Waals surface area contributed by atoms with Crippen molar-refractivity contribution in [1.82, 2.24) is 9.88 Å². The summed E-state index contributed by atoms with van der Waals surface area (Å²) in [6.07, 6.45) is 0.474. The molecule has 1 aliphatic heterocycles. The summed E-state index contributed by atoms with van der Waals surface area (Å²) in [5, 5.41) is 12.2. The van der Waals surface area contributed by atoms with Crippen LogP contribution in [0, 0.1) is 11.3 Å². The van der Waals surface area contributed by atoms with Crippen molar-refractivity contribution >= 4 is 23.2 Å². The normalized spacial score (nSPS) is 19.5. The van der Waals surface area contributed by atoms with Gasteiger partial charge >= 0.3 is 5.97 Å². The molecule has 0 radical (unpaired) electrons. The lowest BCUT2D eigenvalue weighted by molar-refractivity contribution is -0.150. The molecule has 1 N–H and O–H groups in total. The van der Waals surface area contributed by atoms with Crippen molar-refractivity contribution < 1.29 is 19.4 Å². The molecule has 6 nitrogen and oxygen atoms in total. The van der Waals surface area contributed by atoms with Crippen molar-refractivity contribution in [3.8, 4) is 16.3 Å². The Labute approximate surface area is 162 Å². The number of aliphatic carboxylic acids is 1. The van der Waals surface area contributed by atoms with Gasteiger partial charge in [-0.05, 0) is 43.5 Å². The second kappa shape index (κ2) is 7.68. The number of carboxylic acids is 1. The standard InChI is InChI=1S/C20H24N2O4S/c1-4-26-15-7-5-14(6-8-15)17-21-16(11-27-17)18(23)22-10-9-20(12-22,13(2)3)19(24)25/h5-8,11,13H,4,9-10,12H2,1-3H3,(H,24,25). The van der Waals surface area contributed by atoms with E-state index in [0.717, 1.165) is 16.3 Å². The van der Waals surface area contributed by atoms with Crippen molar-refractivity contribution in [2.24, 2.45) is 11.3 Å². The number of carbonyl (C=O) groups is 2. The van der Waals surface area contributed by atoms with Gasteiger partial charge in [0.25, 0.3) is 5.91 Å². The molecule has 1 atom stereocenters. The number of rotatable bonds is 6. The van der Waals surface area contributed by atoms with E-state index in [2.05, 4.69) is 4.98 Å². The van der Waals surface area contributed by atoms with E-state index in [-0.39, 0.29) is 18.4 Å². The highest BCUT2D eigenvalue weighted by atomic mass is 32.1. The summed E-state index contributed by atoms with van der Waals surface area (Å²) in [5.74, 6) is -0.277. The van der Waals surface area contributed by atoms with Crippen molar-refractivity contribution in [3.63, 3.8) is 0 Å². The molecule has 1 saturated heterocycles. The van der Waals surface area contributed by atoms with Crippen LogP contribution < -0.4 is 4.74 Å². The molecule has 0 bridgehead atoms. The second-order valence-electron chi connectivity index (χ2n) is 7.09. The number of likely N-dealkylation sites (tertiary alicyclic amines) is 1. The molecule has 1 unspecified atom stereocenters. The highest BCUT2D eigenvalue weighted by Crippen LogP contribution is 2.39. The van der Waals surface area contributed by atoms with Gasteiger partial charge in [-0.3, -0.25) is 9.59 Å². The number of hydrogen-bond donors (Lipinski definition) is 1. The minimum atomic E-state index is -0.871. The van der Waals surface area contributed by atoms with Crippen LogP contribution in [0.5, 0.6) is 5.75 Å². The molecule has 0 aliphatic carbocycles. The molecule has 1 aromatic heterocycles. The third kappa shape index (κ3) is 3.69. The molecule has 2 aromatic rings. The van der Waals surface area contributed by atoms with Crippen molar-refractivity contribution in [2.45, 2.75) is 27.2 Å². The fraction of sp³-hybridized carbons (Fsp3) is 0.450. The maximum absolute atomic E-state index is 12.8. The zero-order valence-corrected chi connectivity index (χ0v) is 16.6. The largest absolute Gasteiger partial charge is 0.494 e. The first kappa shape index (κ1) is 19.4. The minimum absolute atomic E-state index is 0.0392. The third-order valence-electron chi connectivity index (χ3n) is 5.25. The van der Waals surface area contributed by atoms with Crippen LogP contribution in [0.4, 0.5) is 0 Å². The molecule has 1 aromatic carbocycles. The van der Waals surface area contributed by atoms with E-state index in [0.29, 0.717) is 25.3 Å². The van der Waals surface area contributed by atoms with Crippen LogP contribution in [0.25, 0.3) is 10.6 Å². The Morgan fingerprint density at radius 2 is 2.04 bits per heavy atom. The van der Waals surface area contributed by atoms with E-state index < -0.39 is 11.4 Å². The number of hydrogen-bond acceptors (Lipinski definition) is 5. The molecule has 1 aliphatic rings. The molecule has 1 amide bonds. The fourth-order valence-electron chi connectivity index (χ4n) is 3.43. The molecule has 27 heavy (non-hydrogen) atoms. The average molecular weight is 388 g/mol. The number of nitrogens with zero attached hydrogens (tertiary/aromatic N) is 2. The van der Waals surface area contributed by atoms with Crippen LogP contribution >= 0.6 is 11.3 Å². The van der Waals surface area contributed by atoms with Gasteiger partial charge in [-0.1, -0.05) is 13.8 Å². The van der Waals surface area contributed by atoms with Gasteiger partial charge in [0, 0.05) is 24.0 Å². The highest BCUT2D eigenvalue weighted by Gasteiger charge is 2.48. The topological polar surface area (TPSA) is 79.7 Å². The predicted octanol–water partition coefficient (Wildman–Crippen LogP) is 3.78. The molecular weight excluding hydrogens is 364 g/mol. The Bertz CT molecular complexity index is 831. The van der Waals surface area contributed by atoms with Crippen LogP contribution in [-0.4, -0.2) is 46.6 Å². The number of amides is 1. The monoisotopic (exact) mass is 388 g/mol. The van der Waals surface area contributed by atoms with Crippen molar-refractivity contribution in [3.05, 3.63) is 35.3 Å². The van der Waals surface area contributed by atoms with E-state index in [4.69, 9.17) is 4.74 Å². The van der Waals surface area contributed by atoms with Gasteiger partial charge in [0.15, 0.2) is 0 Å².